The summed E-state index contributed by atoms with van der Waals surface area (Å²) in [6.07, 6.45) is 2.82. The van der Waals surface area contributed by atoms with E-state index in [0.29, 0.717) is 0 Å². The van der Waals surface area contributed by atoms with E-state index in [2.05, 4.69) is 66.5 Å². The third-order valence-electron chi connectivity index (χ3n) is 5.74. The molecule has 0 saturated heterocycles. The van der Waals surface area contributed by atoms with E-state index in [1.807, 2.05) is 24.3 Å². The lowest BCUT2D eigenvalue weighted by Gasteiger charge is -2.38. The van der Waals surface area contributed by atoms with Crippen LogP contribution in [-0.2, 0) is 0 Å². The summed E-state index contributed by atoms with van der Waals surface area (Å²) in [5.74, 6) is 1.84. The van der Waals surface area contributed by atoms with Crippen LogP contribution in [0.5, 0.6) is 11.5 Å². The second kappa shape index (κ2) is 8.23. The topological polar surface area (TPSA) is 34.1 Å². The summed E-state index contributed by atoms with van der Waals surface area (Å²) >= 11 is 0. The van der Waals surface area contributed by atoms with Crippen molar-refractivity contribution in [1.29, 1.82) is 0 Å². The van der Waals surface area contributed by atoms with Crippen molar-refractivity contribution < 1.29 is 9.47 Å². The summed E-state index contributed by atoms with van der Waals surface area (Å²) in [5.41, 5.74) is 4.55. The van der Waals surface area contributed by atoms with Crippen molar-refractivity contribution in [2.75, 3.05) is 6.61 Å². The molecule has 152 valence electrons. The van der Waals surface area contributed by atoms with Gasteiger partial charge in [-0.05, 0) is 42.3 Å². The van der Waals surface area contributed by atoms with Gasteiger partial charge in [-0.1, -0.05) is 61.9 Å². The molecule has 3 aromatic carbocycles. The molecule has 0 fully saturated rings. The molecule has 0 aromatic heterocycles. The smallest absolute Gasteiger partial charge is 0.213 e. The Hall–Kier alpha value is -3.27. The van der Waals surface area contributed by atoms with E-state index in [0.717, 1.165) is 48.6 Å². The molecular formula is C26H26N2O2. The van der Waals surface area contributed by atoms with E-state index < -0.39 is 0 Å². The number of hydrogen-bond donors (Lipinski definition) is 0. The molecule has 4 nitrogen and oxygen atoms in total. The molecule has 2 aliphatic rings. The molecule has 4 heteroatoms. The first-order valence-electron chi connectivity index (χ1n) is 10.7. The predicted molar refractivity (Wildman–Crippen MR) is 119 cm³/mol. The minimum atomic E-state index is -0.254. The summed E-state index contributed by atoms with van der Waals surface area (Å²) in [4.78, 5) is 0. The first-order chi connectivity index (χ1) is 14.8. The maximum atomic E-state index is 6.43. The Morgan fingerprint density at radius 1 is 0.967 bits per heavy atom. The molecule has 0 spiro atoms. The number of benzene rings is 3. The standard InChI is InChI=1S/C26H26N2O2/c1-2-3-17-29-21-15-13-20(14-16-21)26-28-24(22-11-7-8-12-25(22)30-26)18-23(27-28)19-9-5-4-6-10-19/h4-16,24,26H,2-3,17-18H2,1H3/t24-,26+/m1/s1. The molecule has 2 heterocycles. The molecule has 3 aromatic rings. The van der Waals surface area contributed by atoms with E-state index in [1.165, 1.54) is 11.1 Å². The van der Waals surface area contributed by atoms with Crippen molar-refractivity contribution in [2.24, 2.45) is 5.10 Å². The number of unbranched alkanes of at least 4 members (excludes halogenated alkanes) is 1. The molecule has 0 amide bonds. The molecule has 0 radical (unpaired) electrons. The normalized spacial score (nSPS) is 19.5. The quantitative estimate of drug-likeness (QED) is 0.470. The lowest BCUT2D eigenvalue weighted by atomic mass is 9.96. The zero-order valence-electron chi connectivity index (χ0n) is 17.2. The summed E-state index contributed by atoms with van der Waals surface area (Å²) in [7, 11) is 0. The number of fused-ring (bicyclic) bond motifs is 3. The Morgan fingerprint density at radius 3 is 2.53 bits per heavy atom. The largest absolute Gasteiger partial charge is 0.494 e. The fourth-order valence-electron chi connectivity index (χ4n) is 4.12. The van der Waals surface area contributed by atoms with Gasteiger partial charge in [0.25, 0.3) is 0 Å². The second-order valence-corrected chi connectivity index (χ2v) is 7.79. The minimum Gasteiger partial charge on any atom is -0.494 e. The highest BCUT2D eigenvalue weighted by Gasteiger charge is 2.40. The van der Waals surface area contributed by atoms with Crippen LogP contribution in [0.3, 0.4) is 0 Å². The molecular weight excluding hydrogens is 372 g/mol. The van der Waals surface area contributed by atoms with Crippen LogP contribution < -0.4 is 9.47 Å². The van der Waals surface area contributed by atoms with Crippen LogP contribution in [0.1, 0.15) is 55.1 Å². The van der Waals surface area contributed by atoms with Crippen molar-refractivity contribution in [1.82, 2.24) is 5.01 Å². The third kappa shape index (κ3) is 3.54. The van der Waals surface area contributed by atoms with Gasteiger partial charge in [0.1, 0.15) is 11.5 Å². The average molecular weight is 399 g/mol. The maximum absolute atomic E-state index is 6.43. The number of hydrogen-bond acceptors (Lipinski definition) is 4. The molecule has 0 bridgehead atoms. The molecule has 2 atom stereocenters. The van der Waals surface area contributed by atoms with Gasteiger partial charge in [0, 0.05) is 17.5 Å². The zero-order chi connectivity index (χ0) is 20.3. The van der Waals surface area contributed by atoms with Crippen LogP contribution in [0, 0.1) is 0 Å². The Morgan fingerprint density at radius 2 is 1.73 bits per heavy atom. The summed E-state index contributed by atoms with van der Waals surface area (Å²) < 4.78 is 12.3. The van der Waals surface area contributed by atoms with Gasteiger partial charge in [-0.25, -0.2) is 5.01 Å². The predicted octanol–water partition coefficient (Wildman–Crippen LogP) is 6.11. The van der Waals surface area contributed by atoms with Gasteiger partial charge in [0.15, 0.2) is 0 Å². The average Bonchev–Trinajstić information content (AvgIpc) is 3.26. The van der Waals surface area contributed by atoms with Gasteiger partial charge < -0.3 is 9.47 Å². The number of hydrazone groups is 1. The zero-order valence-corrected chi connectivity index (χ0v) is 17.2. The summed E-state index contributed by atoms with van der Waals surface area (Å²) in [5, 5.41) is 7.14. The Labute approximate surface area is 177 Å². The molecule has 0 N–H and O–H groups in total. The second-order valence-electron chi connectivity index (χ2n) is 7.79. The Balaban J connectivity index is 1.46. The highest BCUT2D eigenvalue weighted by molar-refractivity contribution is 6.01. The Kier molecular flexibility index (Phi) is 5.14. The molecule has 5 rings (SSSR count). The van der Waals surface area contributed by atoms with E-state index in [-0.39, 0.29) is 12.3 Å². The van der Waals surface area contributed by atoms with Crippen LogP contribution in [0.2, 0.25) is 0 Å². The summed E-state index contributed by atoms with van der Waals surface area (Å²) in [6, 6.07) is 27.1. The molecule has 0 aliphatic carbocycles. The van der Waals surface area contributed by atoms with Crippen LogP contribution in [0.4, 0.5) is 0 Å². The number of ether oxygens (including phenoxy) is 2. The molecule has 2 aliphatic heterocycles. The van der Waals surface area contributed by atoms with Crippen molar-refractivity contribution in [3.8, 4) is 11.5 Å². The van der Waals surface area contributed by atoms with Crippen molar-refractivity contribution in [3.63, 3.8) is 0 Å². The fourth-order valence-corrected chi connectivity index (χ4v) is 4.12. The number of para-hydroxylation sites is 1. The SMILES string of the molecule is CCCCOc1ccc([C@@H]2Oc3ccccc3[C@H]3CC(c4ccccc4)=NN32)cc1. The van der Waals surface area contributed by atoms with E-state index in [4.69, 9.17) is 14.6 Å². The highest BCUT2D eigenvalue weighted by atomic mass is 16.5. The van der Waals surface area contributed by atoms with E-state index >= 15 is 0 Å². The minimum absolute atomic E-state index is 0.177. The van der Waals surface area contributed by atoms with Gasteiger partial charge in [-0.15, -0.1) is 0 Å². The van der Waals surface area contributed by atoms with Crippen LogP contribution in [0.25, 0.3) is 0 Å². The van der Waals surface area contributed by atoms with Gasteiger partial charge in [0.05, 0.1) is 18.4 Å². The van der Waals surface area contributed by atoms with Crippen LogP contribution in [0.15, 0.2) is 84.0 Å². The van der Waals surface area contributed by atoms with Gasteiger partial charge >= 0.3 is 0 Å². The molecule has 30 heavy (non-hydrogen) atoms. The van der Waals surface area contributed by atoms with Crippen molar-refractivity contribution >= 4 is 5.71 Å². The third-order valence-corrected chi connectivity index (χ3v) is 5.74. The van der Waals surface area contributed by atoms with E-state index in [1.54, 1.807) is 0 Å². The van der Waals surface area contributed by atoms with E-state index in [9.17, 15) is 0 Å². The number of rotatable bonds is 6. The van der Waals surface area contributed by atoms with Crippen LogP contribution >= 0.6 is 0 Å². The molecule has 0 unspecified atom stereocenters. The summed E-state index contributed by atoms with van der Waals surface area (Å²) in [6.45, 7) is 2.92. The lowest BCUT2D eigenvalue weighted by Crippen LogP contribution is -2.33. The monoisotopic (exact) mass is 398 g/mol. The van der Waals surface area contributed by atoms with Gasteiger partial charge in [0.2, 0.25) is 6.23 Å². The maximum Gasteiger partial charge on any atom is 0.213 e. The van der Waals surface area contributed by atoms with Crippen molar-refractivity contribution in [2.45, 2.75) is 38.5 Å². The fraction of sp³-hybridized carbons (Fsp3) is 0.269. The number of nitrogens with zero attached hydrogens (tertiary/aromatic N) is 2. The lowest BCUT2D eigenvalue weighted by molar-refractivity contribution is -0.0190. The molecule has 0 saturated carbocycles. The van der Waals surface area contributed by atoms with Crippen molar-refractivity contribution in [3.05, 3.63) is 95.6 Å². The Bertz CT molecular complexity index is 1030. The van der Waals surface area contributed by atoms with Crippen LogP contribution in [-0.4, -0.2) is 17.3 Å². The highest BCUT2D eigenvalue weighted by Crippen LogP contribution is 2.47. The van der Waals surface area contributed by atoms with Gasteiger partial charge in [-0.2, -0.15) is 5.10 Å². The first kappa shape index (κ1) is 18.7. The van der Waals surface area contributed by atoms with Gasteiger partial charge in [-0.3, -0.25) is 0 Å². The first-order valence-corrected chi connectivity index (χ1v) is 10.7.